The molecule has 0 saturated carbocycles. The predicted octanol–water partition coefficient (Wildman–Crippen LogP) is 4.58. The minimum Gasteiger partial charge on any atom is -0.508 e. The van der Waals surface area contributed by atoms with E-state index in [-0.39, 0.29) is 46.5 Å². The van der Waals surface area contributed by atoms with Crippen molar-refractivity contribution >= 4 is 34.3 Å². The second-order valence-corrected chi connectivity index (χ2v) is 6.10. The fourth-order valence-electron chi connectivity index (χ4n) is 1.40. The van der Waals surface area contributed by atoms with Crippen molar-refractivity contribution in [2.75, 3.05) is 14.1 Å². The third-order valence-electron chi connectivity index (χ3n) is 2.65. The van der Waals surface area contributed by atoms with Crippen LogP contribution in [0.5, 0.6) is 5.75 Å². The topological polar surface area (TPSA) is 23.5 Å². The van der Waals surface area contributed by atoms with Crippen molar-refractivity contribution in [2.24, 2.45) is 5.92 Å². The second kappa shape index (κ2) is 18.2. The zero-order chi connectivity index (χ0) is 15.5. The molecule has 1 aliphatic rings. The van der Waals surface area contributed by atoms with Gasteiger partial charge in [0.1, 0.15) is 5.75 Å². The molecule has 2 nitrogen and oxygen atoms in total. The Morgan fingerprint density at radius 1 is 1.09 bits per heavy atom. The van der Waals surface area contributed by atoms with Gasteiger partial charge in [0, 0.05) is 45.3 Å². The van der Waals surface area contributed by atoms with Gasteiger partial charge in [0.25, 0.3) is 0 Å². The molecule has 0 spiro atoms. The summed E-state index contributed by atoms with van der Waals surface area (Å²) in [6.45, 7) is 8.73. The third kappa shape index (κ3) is 15.1. The van der Waals surface area contributed by atoms with E-state index in [0.717, 1.165) is 9.52 Å². The molecule has 0 saturated heterocycles. The van der Waals surface area contributed by atoms with Gasteiger partial charge in [-0.05, 0) is 12.1 Å². The zero-order valence-corrected chi connectivity index (χ0v) is 19.2. The molecule has 2 rings (SSSR count). The summed E-state index contributed by atoms with van der Waals surface area (Å²) < 4.78 is 0. The Balaban J connectivity index is -0.000000124. The number of phenols is 1. The number of nitrogens with zero attached hydrogens (tertiary/aromatic N) is 1. The first kappa shape index (κ1) is 30.7. The molecule has 1 N–H and O–H groups in total. The molecule has 1 radical (unpaired) electrons. The van der Waals surface area contributed by atoms with Crippen LogP contribution in [0.25, 0.3) is 0 Å². The molecule has 23 heavy (non-hydrogen) atoms. The number of aromatic hydroxyl groups is 1. The molecule has 1 aliphatic carbocycles. The number of likely N-dealkylation sites (N-methyl/N-ethyl adjacent to an activating group) is 1. The Kier molecular flexibility index (Phi) is 24.2. The van der Waals surface area contributed by atoms with Crippen molar-refractivity contribution in [3.8, 4) is 5.75 Å². The van der Waals surface area contributed by atoms with E-state index >= 15 is 0 Å². The molecule has 0 bridgehead atoms. The molecule has 0 aliphatic heterocycles. The van der Waals surface area contributed by atoms with E-state index < -0.39 is 0 Å². The molecule has 0 aromatic heterocycles. The summed E-state index contributed by atoms with van der Waals surface area (Å²) in [6, 6.07) is 8.71. The zero-order valence-electron chi connectivity index (χ0n) is 14.8. The van der Waals surface area contributed by atoms with E-state index in [0.29, 0.717) is 11.7 Å². The molecule has 1 atom stereocenters. The van der Waals surface area contributed by atoms with E-state index in [1.54, 1.807) is 24.3 Å². The predicted molar refractivity (Wildman–Crippen MR) is 105 cm³/mol. The fourth-order valence-corrected chi connectivity index (χ4v) is 1.40. The first-order valence-electron chi connectivity index (χ1n) is 6.89. The number of benzene rings is 1. The van der Waals surface area contributed by atoms with Crippen molar-refractivity contribution < 1.29 is 26.8 Å². The monoisotopic (exact) mass is 409 g/mol. The van der Waals surface area contributed by atoms with Gasteiger partial charge in [-0.15, -0.1) is 30.5 Å². The van der Waals surface area contributed by atoms with Crippen molar-refractivity contribution in [3.63, 3.8) is 0 Å². The largest absolute Gasteiger partial charge is 0.508 e. The Bertz CT molecular complexity index is 439. The van der Waals surface area contributed by atoms with Crippen LogP contribution in [0.2, 0.25) is 13.1 Å². The first-order chi connectivity index (χ1) is 9.42. The molecule has 6 heteroatoms. The maximum absolute atomic E-state index is 8.63. The summed E-state index contributed by atoms with van der Waals surface area (Å²) in [7, 11) is 4.84. The number of hydrogen-bond donors (Lipinski definition) is 1. The Labute approximate surface area is 172 Å². The van der Waals surface area contributed by atoms with Crippen molar-refractivity contribution in [1.82, 2.24) is 4.90 Å². The summed E-state index contributed by atoms with van der Waals surface area (Å²) in [6.07, 6.45) is 5.54. The van der Waals surface area contributed by atoms with Crippen LogP contribution in [0, 0.1) is 12.0 Å². The van der Waals surface area contributed by atoms with Crippen molar-refractivity contribution in [1.29, 1.82) is 0 Å². The molecule has 0 heterocycles. The van der Waals surface area contributed by atoms with Gasteiger partial charge in [-0.2, -0.15) is 11.6 Å². The van der Waals surface area contributed by atoms with Crippen LogP contribution in [0.1, 0.15) is 13.8 Å². The van der Waals surface area contributed by atoms with Crippen LogP contribution >= 0.6 is 24.8 Å². The van der Waals surface area contributed by atoms with E-state index in [2.05, 4.69) is 44.0 Å². The molecule has 131 valence electrons. The molecule has 1 aromatic rings. The van der Waals surface area contributed by atoms with Crippen LogP contribution in [-0.2, 0) is 21.7 Å². The van der Waals surface area contributed by atoms with Crippen LogP contribution < -0.4 is 0 Å². The SMILES string of the molecule is CC1=CC(N(C)C)=[C-]C1C.C[SiH]C.Cl.Cl.Oc1ccccc1.[Ti]. The van der Waals surface area contributed by atoms with Crippen LogP contribution in [0.4, 0.5) is 0 Å². The normalized spacial score (nSPS) is 13.9. The van der Waals surface area contributed by atoms with Crippen LogP contribution in [0.3, 0.4) is 0 Å². The van der Waals surface area contributed by atoms with E-state index in [9.17, 15) is 0 Å². The molecular weight excluding hydrogens is 381 g/mol. The van der Waals surface area contributed by atoms with Gasteiger partial charge in [-0.25, -0.2) is 6.08 Å². The van der Waals surface area contributed by atoms with Gasteiger partial charge < -0.3 is 10.0 Å². The standard InChI is InChI=1S/C9H14N.C6H6O.C2H7Si.2ClH.Ti/c1-7-5-9(10(3)4)6-8(7)2;7-6-4-2-1-3-5-6;1-3-2;;;/h5,8H,1-4H3;1-5,7H;3H,1-2H3;2*1H;/q-1;;;;;. The number of halogens is 2. The van der Waals surface area contributed by atoms with E-state index in [1.165, 1.54) is 11.3 Å². The first-order valence-corrected chi connectivity index (χ1v) is 9.20. The summed E-state index contributed by atoms with van der Waals surface area (Å²) in [5.74, 6) is 0.833. The average molecular weight is 410 g/mol. The maximum Gasteiger partial charge on any atom is 0.115 e. The smallest absolute Gasteiger partial charge is 0.115 e. The number of hydrogen-bond acceptors (Lipinski definition) is 2. The maximum atomic E-state index is 8.63. The van der Waals surface area contributed by atoms with Crippen molar-refractivity contribution in [3.05, 3.63) is 53.8 Å². The number of phenolic OH excluding ortho intramolecular Hbond substituents is 1. The quantitative estimate of drug-likeness (QED) is 0.541. The molecular formula is C17H29Cl2NOSiTi-. The Morgan fingerprint density at radius 3 is 1.70 bits per heavy atom. The molecule has 0 amide bonds. The molecule has 0 fully saturated rings. The molecule has 1 unspecified atom stereocenters. The summed E-state index contributed by atoms with van der Waals surface area (Å²) in [4.78, 5) is 2.09. The fraction of sp³-hybridized carbons (Fsp3) is 0.412. The van der Waals surface area contributed by atoms with Crippen molar-refractivity contribution in [2.45, 2.75) is 26.9 Å². The van der Waals surface area contributed by atoms with Gasteiger partial charge in [0.05, 0.1) is 0 Å². The van der Waals surface area contributed by atoms with Gasteiger partial charge in [-0.3, -0.25) is 0 Å². The Morgan fingerprint density at radius 2 is 1.52 bits per heavy atom. The third-order valence-corrected chi connectivity index (χ3v) is 2.65. The molecule has 1 aromatic carbocycles. The number of para-hydroxylation sites is 1. The number of rotatable bonds is 1. The number of allylic oxidation sites excluding steroid dienone is 3. The summed E-state index contributed by atoms with van der Waals surface area (Å²) in [5, 5.41) is 8.63. The Hall–Kier alpha value is -0.189. The minimum absolute atomic E-state index is 0. The van der Waals surface area contributed by atoms with Gasteiger partial charge >= 0.3 is 0 Å². The summed E-state index contributed by atoms with van der Waals surface area (Å²) in [5.41, 5.74) is 2.62. The van der Waals surface area contributed by atoms with Gasteiger partial charge in [0.15, 0.2) is 0 Å². The summed E-state index contributed by atoms with van der Waals surface area (Å²) >= 11 is 0. The van der Waals surface area contributed by atoms with E-state index in [4.69, 9.17) is 5.11 Å². The average Bonchev–Trinajstić information content (AvgIpc) is 2.73. The van der Waals surface area contributed by atoms with Gasteiger partial charge in [0.2, 0.25) is 0 Å². The van der Waals surface area contributed by atoms with E-state index in [1.807, 2.05) is 20.2 Å². The van der Waals surface area contributed by atoms with Crippen LogP contribution in [-0.4, -0.2) is 33.6 Å². The second-order valence-electron chi connectivity index (χ2n) is 4.95. The van der Waals surface area contributed by atoms with Gasteiger partial charge in [-0.1, -0.05) is 51.1 Å². The van der Waals surface area contributed by atoms with Crippen LogP contribution in [0.15, 0.2) is 47.7 Å². The minimum atomic E-state index is 0.